The van der Waals surface area contributed by atoms with E-state index < -0.39 is 5.97 Å². The van der Waals surface area contributed by atoms with Gasteiger partial charge in [0.1, 0.15) is 0 Å². The number of hydrogen-bond acceptors (Lipinski definition) is 3. The number of benzene rings is 1. The first kappa shape index (κ1) is 9.07. The molecule has 1 aromatic rings. The van der Waals surface area contributed by atoms with Crippen molar-refractivity contribution >= 4 is 11.7 Å². The molecule has 13 heavy (non-hydrogen) atoms. The molecule has 0 atom stereocenters. The minimum absolute atomic E-state index is 0.247. The maximum atomic E-state index is 11.1. The van der Waals surface area contributed by atoms with Crippen LogP contribution in [0.25, 0.3) is 4.85 Å². The number of ether oxygens (including phenoxy) is 1. The van der Waals surface area contributed by atoms with E-state index in [9.17, 15) is 4.79 Å². The van der Waals surface area contributed by atoms with Crippen LogP contribution in [0.1, 0.15) is 10.4 Å². The van der Waals surface area contributed by atoms with Crippen LogP contribution in [0.5, 0.6) is 0 Å². The number of nitrogens with two attached hydrogens (primary N) is 1. The molecular formula is C9H8N2O2. The second-order valence-corrected chi connectivity index (χ2v) is 2.34. The first-order valence-corrected chi connectivity index (χ1v) is 3.60. The molecule has 66 valence electrons. The molecule has 0 saturated carbocycles. The molecular weight excluding hydrogens is 168 g/mol. The second-order valence-electron chi connectivity index (χ2n) is 2.34. The number of nitrogen functional groups attached to an aromatic ring is 1. The van der Waals surface area contributed by atoms with E-state index in [2.05, 4.69) is 9.58 Å². The minimum atomic E-state index is -0.504. The van der Waals surface area contributed by atoms with Gasteiger partial charge < -0.3 is 10.5 Å². The fourth-order valence-corrected chi connectivity index (χ4v) is 0.793. The summed E-state index contributed by atoms with van der Waals surface area (Å²) in [4.78, 5) is 14.0. The van der Waals surface area contributed by atoms with Gasteiger partial charge in [0.15, 0.2) is 0 Å². The van der Waals surface area contributed by atoms with Gasteiger partial charge in [0.05, 0.1) is 5.56 Å². The monoisotopic (exact) mass is 176 g/mol. The summed E-state index contributed by atoms with van der Waals surface area (Å²) in [5, 5.41) is 0. The van der Waals surface area contributed by atoms with Crippen LogP contribution >= 0.6 is 0 Å². The summed E-state index contributed by atoms with van der Waals surface area (Å²) >= 11 is 0. The van der Waals surface area contributed by atoms with Gasteiger partial charge in [-0.2, -0.15) is 0 Å². The van der Waals surface area contributed by atoms with Crippen molar-refractivity contribution < 1.29 is 9.53 Å². The zero-order chi connectivity index (χ0) is 9.68. The van der Waals surface area contributed by atoms with Crippen LogP contribution in [0.4, 0.5) is 5.69 Å². The van der Waals surface area contributed by atoms with E-state index in [-0.39, 0.29) is 6.73 Å². The maximum absolute atomic E-state index is 11.1. The predicted molar refractivity (Wildman–Crippen MR) is 47.7 cm³/mol. The molecule has 0 aromatic heterocycles. The third-order valence-electron chi connectivity index (χ3n) is 1.41. The normalized spacial score (nSPS) is 8.85. The topological polar surface area (TPSA) is 56.7 Å². The minimum Gasteiger partial charge on any atom is -0.399 e. The summed E-state index contributed by atoms with van der Waals surface area (Å²) in [6.45, 7) is 6.17. The van der Waals surface area contributed by atoms with Gasteiger partial charge in [0.25, 0.3) is 0 Å². The standard InChI is InChI=1S/C9H8N2O2/c1-11-6-13-9(12)7-2-4-8(10)5-3-7/h2-5H,6,10H2. The molecule has 0 saturated heterocycles. The molecule has 2 N–H and O–H groups in total. The summed E-state index contributed by atoms with van der Waals surface area (Å²) in [6, 6.07) is 6.33. The fraction of sp³-hybridized carbons (Fsp3) is 0.111. The number of nitrogens with zero attached hydrogens (tertiary/aromatic N) is 1. The molecule has 0 radical (unpaired) electrons. The summed E-state index contributed by atoms with van der Waals surface area (Å²) in [5.41, 5.74) is 6.41. The Bertz CT molecular complexity index is 338. The molecule has 0 aliphatic heterocycles. The molecule has 0 heterocycles. The molecule has 0 fully saturated rings. The van der Waals surface area contributed by atoms with Crippen molar-refractivity contribution in [3.8, 4) is 0 Å². The lowest BCUT2D eigenvalue weighted by molar-refractivity contribution is 0.0547. The molecule has 0 amide bonds. The second kappa shape index (κ2) is 4.12. The van der Waals surface area contributed by atoms with E-state index in [1.807, 2.05) is 0 Å². The summed E-state index contributed by atoms with van der Waals surface area (Å²) in [7, 11) is 0. The number of anilines is 1. The SMILES string of the molecule is [C-]#[N+]COC(=O)c1ccc(N)cc1. The number of rotatable bonds is 2. The Hall–Kier alpha value is -2.02. The Kier molecular flexibility index (Phi) is 2.87. The van der Waals surface area contributed by atoms with Crippen LogP contribution in [-0.2, 0) is 4.74 Å². The Morgan fingerprint density at radius 2 is 2.08 bits per heavy atom. The van der Waals surface area contributed by atoms with Gasteiger partial charge >= 0.3 is 12.7 Å². The molecule has 4 nitrogen and oxygen atoms in total. The number of esters is 1. The lowest BCUT2D eigenvalue weighted by Crippen LogP contribution is -2.04. The van der Waals surface area contributed by atoms with Gasteiger partial charge in [-0.25, -0.2) is 11.4 Å². The first-order valence-electron chi connectivity index (χ1n) is 3.60. The van der Waals surface area contributed by atoms with Gasteiger partial charge in [-0.3, -0.25) is 4.85 Å². The lowest BCUT2D eigenvalue weighted by atomic mass is 10.2. The fourth-order valence-electron chi connectivity index (χ4n) is 0.793. The van der Waals surface area contributed by atoms with E-state index in [1.54, 1.807) is 24.3 Å². The van der Waals surface area contributed by atoms with Crippen LogP contribution in [0.2, 0.25) is 0 Å². The highest BCUT2D eigenvalue weighted by Crippen LogP contribution is 2.06. The molecule has 4 heteroatoms. The molecule has 1 rings (SSSR count). The zero-order valence-corrected chi connectivity index (χ0v) is 6.86. The van der Waals surface area contributed by atoms with E-state index in [4.69, 9.17) is 12.3 Å². The van der Waals surface area contributed by atoms with Crippen LogP contribution < -0.4 is 5.73 Å². The molecule has 0 spiro atoms. The molecule has 0 aliphatic rings. The lowest BCUT2D eigenvalue weighted by Gasteiger charge is -1.98. The highest BCUT2D eigenvalue weighted by atomic mass is 16.5. The summed E-state index contributed by atoms with van der Waals surface area (Å²) in [5.74, 6) is -0.504. The smallest absolute Gasteiger partial charge is 0.359 e. The highest BCUT2D eigenvalue weighted by molar-refractivity contribution is 5.89. The number of carbonyl (C=O) groups is 1. The maximum Gasteiger partial charge on any atom is 0.359 e. The Labute approximate surface area is 75.7 Å². The van der Waals surface area contributed by atoms with Crippen molar-refractivity contribution in [2.75, 3.05) is 12.5 Å². The van der Waals surface area contributed by atoms with Crippen LogP contribution in [0.3, 0.4) is 0 Å². The van der Waals surface area contributed by atoms with Crippen molar-refractivity contribution in [2.24, 2.45) is 0 Å². The number of carbonyl (C=O) groups excluding carboxylic acids is 1. The summed E-state index contributed by atoms with van der Waals surface area (Å²) in [6.07, 6.45) is 0. The van der Waals surface area contributed by atoms with Crippen LogP contribution in [0, 0.1) is 6.57 Å². The summed E-state index contributed by atoms with van der Waals surface area (Å²) < 4.78 is 4.58. The Balaban J connectivity index is 2.68. The average Bonchev–Trinajstić information content (AvgIpc) is 2.15. The highest BCUT2D eigenvalue weighted by Gasteiger charge is 2.06. The zero-order valence-electron chi connectivity index (χ0n) is 6.86. The third kappa shape index (κ3) is 2.49. The van der Waals surface area contributed by atoms with E-state index in [0.717, 1.165) is 0 Å². The molecule has 0 unspecified atom stereocenters. The van der Waals surface area contributed by atoms with E-state index >= 15 is 0 Å². The quantitative estimate of drug-likeness (QED) is 0.420. The van der Waals surface area contributed by atoms with E-state index in [0.29, 0.717) is 11.3 Å². The van der Waals surface area contributed by atoms with Crippen molar-refractivity contribution in [3.63, 3.8) is 0 Å². The van der Waals surface area contributed by atoms with Crippen molar-refractivity contribution in [1.29, 1.82) is 0 Å². The van der Waals surface area contributed by atoms with Gasteiger partial charge in [0.2, 0.25) is 0 Å². The number of hydrogen-bond donors (Lipinski definition) is 1. The van der Waals surface area contributed by atoms with Gasteiger partial charge in [-0.15, -0.1) is 0 Å². The molecule has 1 aromatic carbocycles. The van der Waals surface area contributed by atoms with Gasteiger partial charge in [0, 0.05) is 5.69 Å². The molecule has 0 bridgehead atoms. The third-order valence-corrected chi connectivity index (χ3v) is 1.41. The van der Waals surface area contributed by atoms with Crippen LogP contribution in [0.15, 0.2) is 24.3 Å². The Morgan fingerprint density at radius 3 is 2.62 bits per heavy atom. The van der Waals surface area contributed by atoms with Crippen molar-refractivity contribution in [1.82, 2.24) is 0 Å². The Morgan fingerprint density at radius 1 is 1.46 bits per heavy atom. The first-order chi connectivity index (χ1) is 6.24. The van der Waals surface area contributed by atoms with Crippen molar-refractivity contribution in [3.05, 3.63) is 41.2 Å². The largest absolute Gasteiger partial charge is 0.399 e. The molecule has 0 aliphatic carbocycles. The van der Waals surface area contributed by atoms with E-state index in [1.165, 1.54) is 0 Å². The average molecular weight is 176 g/mol. The van der Waals surface area contributed by atoms with Crippen LogP contribution in [-0.4, -0.2) is 12.7 Å². The van der Waals surface area contributed by atoms with Gasteiger partial charge in [-0.05, 0) is 24.3 Å². The van der Waals surface area contributed by atoms with Gasteiger partial charge in [-0.1, -0.05) is 0 Å². The van der Waals surface area contributed by atoms with Crippen molar-refractivity contribution in [2.45, 2.75) is 0 Å². The predicted octanol–water partition coefficient (Wildman–Crippen LogP) is 1.30.